The van der Waals surface area contributed by atoms with E-state index in [1.807, 2.05) is 0 Å². The molecule has 1 rings (SSSR count). The van der Waals surface area contributed by atoms with Gasteiger partial charge in [-0.05, 0) is 22.0 Å². The Labute approximate surface area is 86.3 Å². The molecular formula is C7H5BrClF2NO. The lowest BCUT2D eigenvalue weighted by Gasteiger charge is -2.05. The summed E-state index contributed by atoms with van der Waals surface area (Å²) in [4.78, 5) is 11.2. The van der Waals surface area contributed by atoms with Crippen LogP contribution in [0, 0.1) is 0 Å². The average molecular weight is 272 g/mol. The summed E-state index contributed by atoms with van der Waals surface area (Å²) < 4.78 is 24.9. The van der Waals surface area contributed by atoms with Crippen molar-refractivity contribution in [2.45, 2.75) is 13.0 Å². The van der Waals surface area contributed by atoms with Crippen LogP contribution in [0.4, 0.5) is 8.78 Å². The quantitative estimate of drug-likeness (QED) is 0.811. The maximum atomic E-state index is 11.9. The lowest BCUT2D eigenvalue weighted by molar-refractivity contribution is 0.125. The van der Waals surface area contributed by atoms with Gasteiger partial charge in [-0.15, -0.1) is 0 Å². The number of hydrogen-bond acceptors (Lipinski definition) is 1. The number of hydrogen-bond donors (Lipinski definition) is 0. The fourth-order valence-electron chi connectivity index (χ4n) is 0.849. The molecule has 0 atom stereocenters. The lowest BCUT2D eigenvalue weighted by Crippen LogP contribution is -2.23. The Hall–Kier alpha value is -0.420. The summed E-state index contributed by atoms with van der Waals surface area (Å²) in [5.41, 5.74) is -0.510. The standard InChI is InChI=1S/C7H5BrClF2NO/c8-5-1-4(9)2-12(7(5)13)3-6(10)11/h1-2,6H,3H2. The predicted molar refractivity (Wildman–Crippen MR) is 49.4 cm³/mol. The van der Waals surface area contributed by atoms with Crippen LogP contribution in [0.15, 0.2) is 21.5 Å². The molecule has 13 heavy (non-hydrogen) atoms. The van der Waals surface area contributed by atoms with Crippen molar-refractivity contribution < 1.29 is 8.78 Å². The minimum absolute atomic E-state index is 0.181. The van der Waals surface area contributed by atoms with Crippen LogP contribution >= 0.6 is 27.5 Å². The van der Waals surface area contributed by atoms with E-state index in [9.17, 15) is 13.6 Å². The zero-order valence-corrected chi connectivity index (χ0v) is 8.65. The van der Waals surface area contributed by atoms with E-state index < -0.39 is 18.5 Å². The van der Waals surface area contributed by atoms with Crippen molar-refractivity contribution >= 4 is 27.5 Å². The molecule has 0 N–H and O–H groups in total. The van der Waals surface area contributed by atoms with Crippen LogP contribution in [0.5, 0.6) is 0 Å². The van der Waals surface area contributed by atoms with Crippen molar-refractivity contribution in [2.24, 2.45) is 0 Å². The molecule has 0 aliphatic heterocycles. The molecule has 0 aromatic carbocycles. The molecule has 0 fully saturated rings. The summed E-state index contributed by atoms with van der Waals surface area (Å²) in [6, 6.07) is 1.37. The van der Waals surface area contributed by atoms with Crippen molar-refractivity contribution in [3.63, 3.8) is 0 Å². The SMILES string of the molecule is O=c1c(Br)cc(Cl)cn1CC(F)F. The Kier molecular flexibility index (Phi) is 3.44. The molecule has 0 unspecified atom stereocenters. The van der Waals surface area contributed by atoms with Crippen molar-refractivity contribution in [3.05, 3.63) is 32.1 Å². The first-order valence-electron chi connectivity index (χ1n) is 3.34. The Balaban J connectivity index is 3.13. The van der Waals surface area contributed by atoms with Crippen LogP contribution in [0.1, 0.15) is 0 Å². The number of alkyl halides is 2. The highest BCUT2D eigenvalue weighted by Gasteiger charge is 2.08. The number of rotatable bonds is 2. The first-order chi connectivity index (χ1) is 6.00. The van der Waals surface area contributed by atoms with Crippen molar-refractivity contribution in [2.75, 3.05) is 0 Å². The van der Waals surface area contributed by atoms with E-state index in [4.69, 9.17) is 11.6 Å². The van der Waals surface area contributed by atoms with Crippen LogP contribution in [-0.2, 0) is 6.54 Å². The maximum Gasteiger partial charge on any atom is 0.265 e. The van der Waals surface area contributed by atoms with E-state index >= 15 is 0 Å². The van der Waals surface area contributed by atoms with Crippen LogP contribution in [0.2, 0.25) is 5.02 Å². The van der Waals surface area contributed by atoms with E-state index in [1.54, 1.807) is 0 Å². The number of aromatic nitrogens is 1. The van der Waals surface area contributed by atoms with E-state index in [-0.39, 0.29) is 9.50 Å². The highest BCUT2D eigenvalue weighted by molar-refractivity contribution is 9.10. The third-order valence-electron chi connectivity index (χ3n) is 1.34. The van der Waals surface area contributed by atoms with Crippen LogP contribution < -0.4 is 5.56 Å². The average Bonchev–Trinajstić information content (AvgIpc) is 1.98. The summed E-state index contributed by atoms with van der Waals surface area (Å²) in [6.45, 7) is -0.641. The molecule has 0 aliphatic rings. The van der Waals surface area contributed by atoms with Gasteiger partial charge in [-0.25, -0.2) is 8.78 Å². The number of nitrogens with zero attached hydrogens (tertiary/aromatic N) is 1. The number of halogens is 4. The van der Waals surface area contributed by atoms with Gasteiger partial charge in [-0.1, -0.05) is 11.6 Å². The fourth-order valence-corrected chi connectivity index (χ4v) is 1.68. The van der Waals surface area contributed by atoms with Gasteiger partial charge in [0, 0.05) is 6.20 Å². The molecule has 1 aromatic heterocycles. The molecule has 72 valence electrons. The number of pyridine rings is 1. The molecule has 6 heteroatoms. The lowest BCUT2D eigenvalue weighted by atomic mass is 10.4. The van der Waals surface area contributed by atoms with Gasteiger partial charge in [-0.3, -0.25) is 4.79 Å². The highest BCUT2D eigenvalue weighted by atomic mass is 79.9. The largest absolute Gasteiger partial charge is 0.307 e. The zero-order chi connectivity index (χ0) is 10.0. The van der Waals surface area contributed by atoms with Crippen molar-refractivity contribution in [1.29, 1.82) is 0 Å². The third kappa shape index (κ3) is 2.77. The second-order valence-electron chi connectivity index (χ2n) is 2.35. The summed E-state index contributed by atoms with van der Waals surface area (Å²) in [5.74, 6) is 0. The van der Waals surface area contributed by atoms with E-state index in [2.05, 4.69) is 15.9 Å². The molecule has 0 saturated heterocycles. The summed E-state index contributed by atoms with van der Waals surface area (Å²) >= 11 is 8.50. The summed E-state index contributed by atoms with van der Waals surface area (Å²) in [6.07, 6.45) is -1.39. The highest BCUT2D eigenvalue weighted by Crippen LogP contribution is 2.12. The van der Waals surface area contributed by atoms with Gasteiger partial charge in [-0.2, -0.15) is 0 Å². The minimum Gasteiger partial charge on any atom is -0.307 e. The molecule has 2 nitrogen and oxygen atoms in total. The second-order valence-corrected chi connectivity index (χ2v) is 3.65. The molecule has 0 aliphatic carbocycles. The molecule has 0 radical (unpaired) electrons. The monoisotopic (exact) mass is 271 g/mol. The maximum absolute atomic E-state index is 11.9. The Bertz CT molecular complexity index is 366. The fraction of sp³-hybridized carbons (Fsp3) is 0.286. The molecule has 1 heterocycles. The van der Waals surface area contributed by atoms with Crippen LogP contribution in [0.25, 0.3) is 0 Å². The Morgan fingerprint density at radius 3 is 2.77 bits per heavy atom. The summed E-state index contributed by atoms with van der Waals surface area (Å²) in [5, 5.41) is 0.243. The van der Waals surface area contributed by atoms with E-state index in [0.29, 0.717) is 0 Å². The van der Waals surface area contributed by atoms with Gasteiger partial charge in [0.2, 0.25) is 0 Å². The van der Waals surface area contributed by atoms with Gasteiger partial charge in [0.25, 0.3) is 12.0 Å². The first kappa shape index (κ1) is 10.7. The van der Waals surface area contributed by atoms with Crippen molar-refractivity contribution in [3.8, 4) is 0 Å². The van der Waals surface area contributed by atoms with Gasteiger partial charge in [0.1, 0.15) is 0 Å². The van der Waals surface area contributed by atoms with Gasteiger partial charge in [0.05, 0.1) is 16.0 Å². The van der Waals surface area contributed by atoms with Crippen LogP contribution in [0.3, 0.4) is 0 Å². The summed E-state index contributed by atoms with van der Waals surface area (Å²) in [7, 11) is 0. The molecule has 0 saturated carbocycles. The van der Waals surface area contributed by atoms with E-state index in [1.165, 1.54) is 12.3 Å². The second kappa shape index (κ2) is 4.19. The van der Waals surface area contributed by atoms with Crippen LogP contribution in [-0.4, -0.2) is 11.0 Å². The first-order valence-corrected chi connectivity index (χ1v) is 4.51. The minimum atomic E-state index is -2.57. The normalized spacial score (nSPS) is 10.8. The van der Waals surface area contributed by atoms with Gasteiger partial charge in [0.15, 0.2) is 0 Å². The Morgan fingerprint density at radius 1 is 1.62 bits per heavy atom. The van der Waals surface area contributed by atoms with Gasteiger partial charge >= 0.3 is 0 Å². The molecule has 0 spiro atoms. The molecular weight excluding hydrogens is 267 g/mol. The topological polar surface area (TPSA) is 22.0 Å². The molecule has 0 amide bonds. The van der Waals surface area contributed by atoms with E-state index in [0.717, 1.165) is 4.57 Å². The molecule has 0 bridgehead atoms. The van der Waals surface area contributed by atoms with Gasteiger partial charge < -0.3 is 4.57 Å². The smallest absolute Gasteiger partial charge is 0.265 e. The molecule has 1 aromatic rings. The Morgan fingerprint density at radius 2 is 2.23 bits per heavy atom. The van der Waals surface area contributed by atoms with Crippen molar-refractivity contribution in [1.82, 2.24) is 4.57 Å². The third-order valence-corrected chi connectivity index (χ3v) is 2.12. The zero-order valence-electron chi connectivity index (χ0n) is 6.31. The predicted octanol–water partition coefficient (Wildman–Crippen LogP) is 2.53.